The number of hydrogen-bond acceptors (Lipinski definition) is 5. The molecule has 3 N–H and O–H groups in total. The molecular weight excluding hydrogens is 264 g/mol. The molecule has 0 spiro atoms. The van der Waals surface area contributed by atoms with Crippen LogP contribution in [0.4, 0.5) is 11.4 Å². The van der Waals surface area contributed by atoms with Crippen LogP contribution in [0.1, 0.15) is 13.3 Å². The Kier molecular flexibility index (Phi) is 6.79. The highest BCUT2D eigenvalue weighted by Crippen LogP contribution is 2.22. The molecule has 1 aromatic rings. The summed E-state index contributed by atoms with van der Waals surface area (Å²) in [5.74, 6) is 0. The van der Waals surface area contributed by atoms with E-state index in [1.807, 2.05) is 25.1 Å². The van der Waals surface area contributed by atoms with Crippen molar-refractivity contribution < 1.29 is 4.74 Å². The molecule has 21 heavy (non-hydrogen) atoms. The minimum atomic E-state index is 0.733. The molecular formula is C16H28N4O. The van der Waals surface area contributed by atoms with Gasteiger partial charge in [-0.05, 0) is 32.0 Å². The maximum absolute atomic E-state index is 6.15. The largest absolute Gasteiger partial charge is 0.397 e. The molecule has 1 aliphatic rings. The van der Waals surface area contributed by atoms with E-state index in [9.17, 15) is 0 Å². The molecule has 5 nitrogen and oxygen atoms in total. The first-order valence-electron chi connectivity index (χ1n) is 7.91. The van der Waals surface area contributed by atoms with E-state index < -0.39 is 0 Å². The van der Waals surface area contributed by atoms with Crippen LogP contribution in [0.3, 0.4) is 0 Å². The number of nitrogens with one attached hydrogen (secondary N) is 1. The summed E-state index contributed by atoms with van der Waals surface area (Å²) in [4.78, 5) is 4.81. The van der Waals surface area contributed by atoms with Gasteiger partial charge in [-0.2, -0.15) is 0 Å². The maximum atomic E-state index is 6.15. The van der Waals surface area contributed by atoms with Gasteiger partial charge in [0.1, 0.15) is 0 Å². The predicted octanol–water partition coefficient (Wildman–Crippen LogP) is 1.36. The number of para-hydroxylation sites is 2. The van der Waals surface area contributed by atoms with Crippen molar-refractivity contribution in [2.75, 3.05) is 63.2 Å². The third kappa shape index (κ3) is 5.19. The highest BCUT2D eigenvalue weighted by atomic mass is 16.5. The van der Waals surface area contributed by atoms with Crippen LogP contribution in [0.25, 0.3) is 0 Å². The summed E-state index contributed by atoms with van der Waals surface area (Å²) in [7, 11) is 0. The van der Waals surface area contributed by atoms with Gasteiger partial charge < -0.3 is 20.7 Å². The van der Waals surface area contributed by atoms with Crippen LogP contribution in [0.5, 0.6) is 0 Å². The highest BCUT2D eigenvalue weighted by Gasteiger charge is 2.15. The number of ether oxygens (including phenoxy) is 1. The lowest BCUT2D eigenvalue weighted by atomic mass is 10.2. The third-order valence-electron chi connectivity index (χ3n) is 3.79. The Hall–Kier alpha value is -1.30. The zero-order valence-corrected chi connectivity index (χ0v) is 13.1. The van der Waals surface area contributed by atoms with Gasteiger partial charge in [-0.25, -0.2) is 0 Å². The summed E-state index contributed by atoms with van der Waals surface area (Å²) in [6, 6.07) is 8.09. The van der Waals surface area contributed by atoms with Crippen LogP contribution in [-0.4, -0.2) is 57.5 Å². The number of benzene rings is 1. The summed E-state index contributed by atoms with van der Waals surface area (Å²) in [5.41, 5.74) is 8.09. The second-order valence-corrected chi connectivity index (χ2v) is 5.38. The summed E-state index contributed by atoms with van der Waals surface area (Å²) < 4.78 is 5.53. The van der Waals surface area contributed by atoms with E-state index in [1.54, 1.807) is 0 Å². The fourth-order valence-electron chi connectivity index (χ4n) is 2.65. The van der Waals surface area contributed by atoms with Gasteiger partial charge in [0.05, 0.1) is 24.7 Å². The van der Waals surface area contributed by atoms with Crippen molar-refractivity contribution in [1.29, 1.82) is 0 Å². The van der Waals surface area contributed by atoms with Gasteiger partial charge in [-0.15, -0.1) is 0 Å². The van der Waals surface area contributed by atoms with Crippen molar-refractivity contribution in [2.45, 2.75) is 13.3 Å². The summed E-state index contributed by atoms with van der Waals surface area (Å²) in [6.07, 6.45) is 1.20. The monoisotopic (exact) mass is 292 g/mol. The Morgan fingerprint density at radius 2 is 2.14 bits per heavy atom. The standard InChI is InChI=1S/C16H28N4O/c1-2-21-13-12-20(16-7-4-3-6-15(16)17)14-19-10-5-8-18-9-11-19/h3-4,6-7,18H,2,5,8-14,17H2,1H3. The van der Waals surface area contributed by atoms with Crippen LogP contribution < -0.4 is 16.0 Å². The van der Waals surface area contributed by atoms with E-state index in [0.29, 0.717) is 0 Å². The molecule has 0 unspecified atom stereocenters. The highest BCUT2D eigenvalue weighted by molar-refractivity contribution is 5.67. The summed E-state index contributed by atoms with van der Waals surface area (Å²) in [5, 5.41) is 3.44. The van der Waals surface area contributed by atoms with Gasteiger partial charge in [0, 0.05) is 32.8 Å². The topological polar surface area (TPSA) is 53.8 Å². The van der Waals surface area contributed by atoms with Crippen LogP contribution in [0.2, 0.25) is 0 Å². The van der Waals surface area contributed by atoms with E-state index in [0.717, 1.165) is 64.0 Å². The molecule has 118 valence electrons. The van der Waals surface area contributed by atoms with E-state index in [4.69, 9.17) is 10.5 Å². The molecule has 1 saturated heterocycles. The lowest BCUT2D eigenvalue weighted by Gasteiger charge is -2.32. The van der Waals surface area contributed by atoms with Crippen LogP contribution >= 0.6 is 0 Å². The number of nitrogens with zero attached hydrogens (tertiary/aromatic N) is 2. The van der Waals surface area contributed by atoms with Crippen molar-refractivity contribution >= 4 is 11.4 Å². The SMILES string of the molecule is CCOCCN(CN1CCCNCC1)c1ccccc1N. The molecule has 1 fully saturated rings. The van der Waals surface area contributed by atoms with Gasteiger partial charge in [-0.1, -0.05) is 12.1 Å². The number of rotatable bonds is 7. The smallest absolute Gasteiger partial charge is 0.0709 e. The molecule has 1 heterocycles. The molecule has 1 aliphatic heterocycles. The van der Waals surface area contributed by atoms with E-state index in [2.05, 4.69) is 21.2 Å². The van der Waals surface area contributed by atoms with Gasteiger partial charge >= 0.3 is 0 Å². The molecule has 0 aromatic heterocycles. The quantitative estimate of drug-likeness (QED) is 0.587. The number of hydrogen-bond donors (Lipinski definition) is 2. The molecule has 1 aromatic carbocycles. The van der Waals surface area contributed by atoms with E-state index in [1.165, 1.54) is 6.42 Å². The van der Waals surface area contributed by atoms with Crippen molar-refractivity contribution in [3.05, 3.63) is 24.3 Å². The Bertz CT molecular complexity index is 405. The minimum Gasteiger partial charge on any atom is -0.397 e. The molecule has 5 heteroatoms. The van der Waals surface area contributed by atoms with Crippen LogP contribution in [-0.2, 0) is 4.74 Å². The zero-order valence-electron chi connectivity index (χ0n) is 13.1. The normalized spacial score (nSPS) is 16.6. The zero-order chi connectivity index (χ0) is 14.9. The molecule has 0 bridgehead atoms. The molecule has 2 rings (SSSR count). The van der Waals surface area contributed by atoms with Crippen molar-refractivity contribution in [3.63, 3.8) is 0 Å². The fraction of sp³-hybridized carbons (Fsp3) is 0.625. The van der Waals surface area contributed by atoms with Gasteiger partial charge in [0.2, 0.25) is 0 Å². The second-order valence-electron chi connectivity index (χ2n) is 5.38. The first-order valence-corrected chi connectivity index (χ1v) is 7.91. The maximum Gasteiger partial charge on any atom is 0.0709 e. The Morgan fingerprint density at radius 3 is 2.95 bits per heavy atom. The van der Waals surface area contributed by atoms with E-state index >= 15 is 0 Å². The minimum absolute atomic E-state index is 0.733. The van der Waals surface area contributed by atoms with Crippen molar-refractivity contribution in [2.24, 2.45) is 0 Å². The Balaban J connectivity index is 2.02. The number of anilines is 2. The average molecular weight is 292 g/mol. The van der Waals surface area contributed by atoms with Crippen LogP contribution in [0, 0.1) is 0 Å². The van der Waals surface area contributed by atoms with Crippen molar-refractivity contribution in [1.82, 2.24) is 10.2 Å². The predicted molar refractivity (Wildman–Crippen MR) is 88.6 cm³/mol. The number of nitrogen functional groups attached to an aromatic ring is 1. The lowest BCUT2D eigenvalue weighted by molar-refractivity contribution is 0.150. The van der Waals surface area contributed by atoms with Crippen molar-refractivity contribution in [3.8, 4) is 0 Å². The van der Waals surface area contributed by atoms with E-state index in [-0.39, 0.29) is 0 Å². The Morgan fingerprint density at radius 1 is 1.29 bits per heavy atom. The van der Waals surface area contributed by atoms with Gasteiger partial charge in [0.25, 0.3) is 0 Å². The van der Waals surface area contributed by atoms with Gasteiger partial charge in [-0.3, -0.25) is 4.90 Å². The summed E-state index contributed by atoms with van der Waals surface area (Å²) in [6.45, 7) is 9.68. The molecule has 0 saturated carbocycles. The molecule has 0 amide bonds. The third-order valence-corrected chi connectivity index (χ3v) is 3.79. The summed E-state index contributed by atoms with van der Waals surface area (Å²) >= 11 is 0. The lowest BCUT2D eigenvalue weighted by Crippen LogP contribution is -2.41. The fourth-order valence-corrected chi connectivity index (χ4v) is 2.65. The Labute approximate surface area is 128 Å². The molecule has 0 atom stereocenters. The first kappa shape index (κ1) is 16.1. The van der Waals surface area contributed by atoms with Crippen LogP contribution in [0.15, 0.2) is 24.3 Å². The molecule has 0 aliphatic carbocycles. The van der Waals surface area contributed by atoms with Gasteiger partial charge in [0.15, 0.2) is 0 Å². The first-order chi connectivity index (χ1) is 10.3. The molecule has 0 radical (unpaired) electrons. The number of nitrogens with two attached hydrogens (primary N) is 1. The average Bonchev–Trinajstić information content (AvgIpc) is 2.76. The second kappa shape index (κ2) is 8.87.